The van der Waals surface area contributed by atoms with E-state index in [1.165, 1.54) is 11.0 Å². The number of phenolic OH excluding ortho intramolecular Hbond substituents is 1. The lowest BCUT2D eigenvalue weighted by Gasteiger charge is -2.33. The third kappa shape index (κ3) is 9.39. The van der Waals surface area contributed by atoms with E-state index >= 15 is 0 Å². The van der Waals surface area contributed by atoms with Crippen molar-refractivity contribution >= 4 is 46.8 Å². The first-order valence-electron chi connectivity index (χ1n) is 14.9. The minimum atomic E-state index is -1.07. The van der Waals surface area contributed by atoms with Gasteiger partial charge in [-0.15, -0.1) is 0 Å². The highest BCUT2D eigenvalue weighted by Crippen LogP contribution is 2.39. The summed E-state index contributed by atoms with van der Waals surface area (Å²) in [5.41, 5.74) is 1.94. The second-order valence-electron chi connectivity index (χ2n) is 11.0. The van der Waals surface area contributed by atoms with Gasteiger partial charge in [0.15, 0.2) is 12.4 Å². The van der Waals surface area contributed by atoms with Crippen molar-refractivity contribution in [1.82, 2.24) is 15.1 Å². The van der Waals surface area contributed by atoms with Gasteiger partial charge in [-0.25, -0.2) is 4.79 Å². The van der Waals surface area contributed by atoms with Crippen LogP contribution < -0.4 is 15.4 Å². The van der Waals surface area contributed by atoms with Crippen LogP contribution in [0.2, 0.25) is 10.0 Å². The van der Waals surface area contributed by atoms with Crippen LogP contribution in [0.15, 0.2) is 30.3 Å². The van der Waals surface area contributed by atoms with Gasteiger partial charge in [0.1, 0.15) is 11.4 Å². The van der Waals surface area contributed by atoms with Crippen LogP contribution in [0.25, 0.3) is 0 Å². The number of aromatic hydroxyl groups is 1. The van der Waals surface area contributed by atoms with E-state index < -0.39 is 6.09 Å². The van der Waals surface area contributed by atoms with E-state index in [0.717, 1.165) is 50.5 Å². The van der Waals surface area contributed by atoms with E-state index in [-0.39, 0.29) is 49.0 Å². The largest absolute Gasteiger partial charge is 0.506 e. The Bertz CT molecular complexity index is 1290. The maximum Gasteiger partial charge on any atom is 0.407 e. The first-order valence-corrected chi connectivity index (χ1v) is 15.7. The normalized spacial score (nSPS) is 15.2. The molecule has 12 heteroatoms. The summed E-state index contributed by atoms with van der Waals surface area (Å²) in [5.74, 6) is -0.0942. The molecule has 10 nitrogen and oxygen atoms in total. The molecule has 0 bridgehead atoms. The Kier molecular flexibility index (Phi) is 12.2. The highest BCUT2D eigenvalue weighted by atomic mass is 35.5. The fourth-order valence-corrected chi connectivity index (χ4v) is 5.99. The van der Waals surface area contributed by atoms with Crippen LogP contribution in [0.3, 0.4) is 0 Å². The lowest BCUT2D eigenvalue weighted by atomic mass is 10.1. The predicted octanol–water partition coefficient (Wildman–Crippen LogP) is 5.33. The molecule has 0 aromatic heterocycles. The zero-order valence-corrected chi connectivity index (χ0v) is 25.8. The number of nitrogens with zero attached hydrogens (tertiary/aromatic N) is 2. The summed E-state index contributed by atoms with van der Waals surface area (Å²) in [7, 11) is 0. The van der Waals surface area contributed by atoms with Crippen molar-refractivity contribution in [1.29, 1.82) is 0 Å². The number of carboxylic acid groups (broad SMARTS) is 1. The minimum absolute atomic E-state index is 0.0241. The van der Waals surface area contributed by atoms with Gasteiger partial charge < -0.3 is 35.4 Å². The molecule has 234 valence electrons. The van der Waals surface area contributed by atoms with E-state index in [2.05, 4.69) is 10.6 Å². The van der Waals surface area contributed by atoms with Crippen LogP contribution in [0, 0.1) is 0 Å². The maximum absolute atomic E-state index is 13.5. The Morgan fingerprint density at radius 3 is 2.47 bits per heavy atom. The van der Waals surface area contributed by atoms with Crippen molar-refractivity contribution in [3.05, 3.63) is 51.5 Å². The molecule has 0 atom stereocenters. The highest BCUT2D eigenvalue weighted by Gasteiger charge is 2.27. The maximum atomic E-state index is 13.5. The molecule has 1 aliphatic heterocycles. The Labute approximate surface area is 262 Å². The number of halogens is 2. The van der Waals surface area contributed by atoms with Gasteiger partial charge in [-0.2, -0.15) is 0 Å². The molecule has 0 saturated heterocycles. The molecule has 4 N–H and O–H groups in total. The molecular formula is C31H40Cl2N4O6. The quantitative estimate of drug-likeness (QED) is 0.133. The van der Waals surface area contributed by atoms with Gasteiger partial charge >= 0.3 is 6.09 Å². The molecule has 0 spiro atoms. The summed E-state index contributed by atoms with van der Waals surface area (Å²) in [4.78, 5) is 40.6. The molecule has 1 fully saturated rings. The third-order valence-electron chi connectivity index (χ3n) is 8.04. The molecule has 2 aliphatic rings. The number of phenols is 1. The molecule has 0 radical (unpaired) electrons. The Morgan fingerprint density at radius 2 is 1.74 bits per heavy atom. The highest BCUT2D eigenvalue weighted by molar-refractivity contribution is 6.42. The average molecular weight is 636 g/mol. The van der Waals surface area contributed by atoms with Crippen LogP contribution in [0.1, 0.15) is 56.1 Å². The van der Waals surface area contributed by atoms with Crippen molar-refractivity contribution in [2.24, 2.45) is 0 Å². The van der Waals surface area contributed by atoms with Crippen molar-refractivity contribution in [3.63, 3.8) is 0 Å². The number of benzene rings is 2. The molecule has 0 unspecified atom stereocenters. The lowest BCUT2D eigenvalue weighted by Crippen LogP contribution is -2.46. The summed E-state index contributed by atoms with van der Waals surface area (Å²) in [5, 5.41) is 27.1. The number of carbonyl (C=O) groups is 3. The van der Waals surface area contributed by atoms with Crippen LogP contribution in [0.4, 0.5) is 10.5 Å². The summed E-state index contributed by atoms with van der Waals surface area (Å²) in [6.07, 6.45) is 6.59. The molecule has 2 aromatic rings. The first-order chi connectivity index (χ1) is 20.7. The van der Waals surface area contributed by atoms with Gasteiger partial charge in [0.25, 0.3) is 5.91 Å². The number of amides is 3. The Morgan fingerprint density at radius 1 is 0.977 bits per heavy atom. The number of anilines is 1. The molecular weight excluding hydrogens is 595 g/mol. The van der Waals surface area contributed by atoms with Crippen LogP contribution in [0.5, 0.6) is 11.5 Å². The minimum Gasteiger partial charge on any atom is -0.506 e. The van der Waals surface area contributed by atoms with E-state index in [1.54, 1.807) is 12.1 Å². The van der Waals surface area contributed by atoms with E-state index in [0.29, 0.717) is 53.8 Å². The van der Waals surface area contributed by atoms with E-state index in [4.69, 9.17) is 27.9 Å². The summed E-state index contributed by atoms with van der Waals surface area (Å²) >= 11 is 12.1. The van der Waals surface area contributed by atoms with Crippen molar-refractivity contribution < 1.29 is 29.3 Å². The second-order valence-corrected chi connectivity index (χ2v) is 11.8. The number of nitrogens with one attached hydrogen (secondary N) is 2. The number of carbonyl (C=O) groups excluding carboxylic acids is 2. The fourth-order valence-electron chi connectivity index (χ4n) is 5.67. The number of ether oxygens (including phenoxy) is 1. The zero-order chi connectivity index (χ0) is 30.8. The Balaban J connectivity index is 1.33. The number of hydrogen-bond acceptors (Lipinski definition) is 6. The summed E-state index contributed by atoms with van der Waals surface area (Å²) in [6, 6.07) is 8.79. The topological polar surface area (TPSA) is 131 Å². The van der Waals surface area contributed by atoms with Crippen LogP contribution in [-0.4, -0.2) is 83.3 Å². The van der Waals surface area contributed by atoms with Crippen molar-refractivity contribution in [3.8, 4) is 11.5 Å². The number of rotatable bonds is 13. The van der Waals surface area contributed by atoms with Gasteiger partial charge in [0.2, 0.25) is 5.91 Å². The summed E-state index contributed by atoms with van der Waals surface area (Å²) in [6.45, 7) is 1.71. The molecule has 1 saturated carbocycles. The van der Waals surface area contributed by atoms with Gasteiger partial charge in [0.05, 0.1) is 10.0 Å². The summed E-state index contributed by atoms with van der Waals surface area (Å²) < 4.78 is 5.54. The van der Waals surface area contributed by atoms with E-state index in [9.17, 15) is 24.6 Å². The fraction of sp³-hybridized carbons (Fsp3) is 0.516. The monoisotopic (exact) mass is 634 g/mol. The number of hydrogen-bond donors (Lipinski definition) is 4. The SMILES string of the molecule is O=C1COc2c(CCN(CCN(C(=O)CCNCCc3ccc(Cl)c(Cl)c3)C3CCCCCC3)C(=O)O)ccc(O)c2N1. The third-order valence-corrected chi connectivity index (χ3v) is 8.78. The molecule has 3 amide bonds. The molecule has 43 heavy (non-hydrogen) atoms. The van der Waals surface area contributed by atoms with Crippen molar-refractivity contribution in [2.75, 3.05) is 44.6 Å². The lowest BCUT2D eigenvalue weighted by molar-refractivity contribution is -0.134. The van der Waals surface area contributed by atoms with E-state index in [1.807, 2.05) is 17.0 Å². The second kappa shape index (κ2) is 16.0. The van der Waals surface area contributed by atoms with Gasteiger partial charge in [-0.05, 0) is 61.6 Å². The van der Waals surface area contributed by atoms with Gasteiger partial charge in [-0.1, -0.05) is 61.0 Å². The smallest absolute Gasteiger partial charge is 0.407 e. The standard InChI is InChI=1S/C31H40Cl2N4O6/c32-24-9-7-21(19-25(24)33)11-14-34-15-12-28(40)37(23-5-3-1-2-4-6-23)18-17-36(31(41)42)16-13-22-8-10-26(38)29-30(22)43-20-27(39)35-29/h7-10,19,23,34,38H,1-6,11-18,20H2,(H,35,39)(H,41,42). The molecule has 2 aromatic carbocycles. The van der Waals surface area contributed by atoms with Crippen LogP contribution >= 0.6 is 23.2 Å². The average Bonchev–Trinajstić information content (AvgIpc) is 3.27. The first kappa shape index (κ1) is 32.7. The zero-order valence-electron chi connectivity index (χ0n) is 24.2. The predicted molar refractivity (Wildman–Crippen MR) is 166 cm³/mol. The van der Waals surface area contributed by atoms with Gasteiger partial charge in [-0.3, -0.25) is 9.59 Å². The molecule has 1 aliphatic carbocycles. The number of fused-ring (bicyclic) bond motifs is 1. The Hall–Kier alpha value is -3.21. The molecule has 1 heterocycles. The van der Waals surface area contributed by atoms with Crippen molar-refractivity contribution in [2.45, 2.75) is 63.8 Å². The van der Waals surface area contributed by atoms with Crippen LogP contribution in [-0.2, 0) is 22.4 Å². The van der Waals surface area contributed by atoms with Gasteiger partial charge in [0, 0.05) is 38.6 Å². The molecule has 4 rings (SSSR count).